The molecule has 3 N–H and O–H groups in total. The minimum Gasteiger partial charge on any atom is -0.357 e. The first-order valence-electron chi connectivity index (χ1n) is 16.0. The molecule has 7 aromatic carbocycles. The largest absolute Gasteiger partial charge is 0.357 e. The lowest BCUT2D eigenvalue weighted by atomic mass is 9.96. The molecule has 2 aliphatic rings. The van der Waals surface area contributed by atoms with Gasteiger partial charge in [0.1, 0.15) is 5.37 Å². The van der Waals surface area contributed by atoms with Crippen molar-refractivity contribution in [3.63, 3.8) is 0 Å². The van der Waals surface area contributed by atoms with E-state index in [0.29, 0.717) is 0 Å². The van der Waals surface area contributed by atoms with Crippen LogP contribution in [-0.2, 0) is 0 Å². The second-order valence-electron chi connectivity index (χ2n) is 12.3. The third-order valence-electron chi connectivity index (χ3n) is 9.59. The fourth-order valence-corrected chi connectivity index (χ4v) is 8.67. The maximum atomic E-state index is 3.84. The Kier molecular flexibility index (Phi) is 6.79. The highest BCUT2D eigenvalue weighted by atomic mass is 32.2. The van der Waals surface area contributed by atoms with Gasteiger partial charge in [0.25, 0.3) is 0 Å². The molecular formula is C41H34N4S. The Morgan fingerprint density at radius 1 is 0.500 bits per heavy atom. The maximum absolute atomic E-state index is 3.84. The lowest BCUT2D eigenvalue weighted by Gasteiger charge is -2.39. The fourth-order valence-electron chi connectivity index (χ4n) is 7.33. The Bertz CT molecular complexity index is 2170. The van der Waals surface area contributed by atoms with Crippen molar-refractivity contribution < 1.29 is 0 Å². The number of nitrogens with one attached hydrogen (secondary N) is 3. The number of thioether (sulfide) groups is 1. The van der Waals surface area contributed by atoms with Crippen LogP contribution in [0.15, 0.2) is 150 Å². The Balaban J connectivity index is 1.11. The minimum atomic E-state index is -0.0350. The van der Waals surface area contributed by atoms with E-state index in [-0.39, 0.29) is 23.9 Å². The average molecular weight is 615 g/mol. The zero-order valence-electron chi connectivity index (χ0n) is 25.5. The molecule has 0 radical (unpaired) electrons. The molecule has 7 aromatic rings. The summed E-state index contributed by atoms with van der Waals surface area (Å²) in [6, 6.07) is 52.9. The summed E-state index contributed by atoms with van der Waals surface area (Å²) < 4.78 is 0. The smallest absolute Gasteiger partial charge is 0.106 e. The van der Waals surface area contributed by atoms with E-state index in [4.69, 9.17) is 0 Å². The summed E-state index contributed by atoms with van der Waals surface area (Å²) in [7, 11) is 2.26. The third-order valence-corrected chi connectivity index (χ3v) is 11.0. The van der Waals surface area contributed by atoms with Gasteiger partial charge >= 0.3 is 0 Å². The number of hydrogen-bond acceptors (Lipinski definition) is 5. The normalized spacial score (nSPS) is 21.2. The average Bonchev–Trinajstić information content (AvgIpc) is 3.47. The lowest BCUT2D eigenvalue weighted by molar-refractivity contribution is 0.203. The number of anilines is 1. The molecule has 9 rings (SSSR count). The van der Waals surface area contributed by atoms with Crippen molar-refractivity contribution in [3.05, 3.63) is 168 Å². The first-order chi connectivity index (χ1) is 22.7. The van der Waals surface area contributed by atoms with Gasteiger partial charge in [0.2, 0.25) is 0 Å². The van der Waals surface area contributed by atoms with E-state index >= 15 is 0 Å². The van der Waals surface area contributed by atoms with Crippen molar-refractivity contribution in [1.29, 1.82) is 0 Å². The number of rotatable bonds is 4. The molecule has 46 heavy (non-hydrogen) atoms. The Labute approximate surface area is 273 Å². The summed E-state index contributed by atoms with van der Waals surface area (Å²) >= 11 is 1.96. The van der Waals surface area contributed by atoms with Crippen LogP contribution < -0.4 is 20.9 Å². The Morgan fingerprint density at radius 2 is 1.11 bits per heavy atom. The van der Waals surface area contributed by atoms with E-state index < -0.39 is 0 Å². The van der Waals surface area contributed by atoms with Crippen molar-refractivity contribution in [2.75, 3.05) is 11.9 Å². The predicted molar refractivity (Wildman–Crippen MR) is 193 cm³/mol. The van der Waals surface area contributed by atoms with Crippen molar-refractivity contribution in [3.8, 4) is 0 Å². The standard InChI is InChI=1S/C41H34N4S/c1-45-37-35(46-41(45)34-18-10-16-26-11-8-9-17-32(26)34)24-22-27-19-20-30-25-31(21-23-33(30)36(27)37)40-43-38(28-12-4-2-5-13-28)42-39(44-40)29-14-6-3-7-15-29/h2-25,38-44H,1H3. The molecule has 4 nitrogen and oxygen atoms in total. The highest BCUT2D eigenvalue weighted by Gasteiger charge is 2.33. The van der Waals surface area contributed by atoms with Crippen LogP contribution in [0.2, 0.25) is 0 Å². The Morgan fingerprint density at radius 3 is 1.85 bits per heavy atom. The van der Waals surface area contributed by atoms with Crippen molar-refractivity contribution in [1.82, 2.24) is 16.0 Å². The van der Waals surface area contributed by atoms with Crippen LogP contribution in [0.1, 0.15) is 46.1 Å². The van der Waals surface area contributed by atoms with Gasteiger partial charge in [-0.25, -0.2) is 0 Å². The second kappa shape index (κ2) is 11.3. The van der Waals surface area contributed by atoms with Crippen molar-refractivity contribution >= 4 is 49.8 Å². The summed E-state index contributed by atoms with van der Waals surface area (Å²) in [4.78, 5) is 3.82. The summed E-state index contributed by atoms with van der Waals surface area (Å²) in [6.07, 6.45) is -0.0259. The van der Waals surface area contributed by atoms with E-state index in [9.17, 15) is 0 Å². The van der Waals surface area contributed by atoms with Crippen LogP contribution in [0.25, 0.3) is 32.3 Å². The van der Waals surface area contributed by atoms with Gasteiger partial charge in [0.05, 0.1) is 24.2 Å². The maximum Gasteiger partial charge on any atom is 0.106 e. The predicted octanol–water partition coefficient (Wildman–Crippen LogP) is 9.57. The van der Waals surface area contributed by atoms with Gasteiger partial charge in [0.15, 0.2) is 0 Å². The number of nitrogens with zero attached hydrogens (tertiary/aromatic N) is 1. The molecular weight excluding hydrogens is 581 g/mol. The minimum absolute atomic E-state index is 0.00454. The molecule has 1 fully saturated rings. The highest BCUT2D eigenvalue weighted by molar-refractivity contribution is 8.00. The van der Waals surface area contributed by atoms with Gasteiger partial charge in [-0.2, -0.15) is 0 Å². The van der Waals surface area contributed by atoms with Gasteiger partial charge in [-0.1, -0.05) is 145 Å². The van der Waals surface area contributed by atoms with E-state index in [2.05, 4.69) is 173 Å². The Hall–Kier alpha value is -4.65. The van der Waals surface area contributed by atoms with Crippen LogP contribution in [0.3, 0.4) is 0 Å². The van der Waals surface area contributed by atoms with Crippen LogP contribution in [0, 0.1) is 0 Å². The van der Waals surface area contributed by atoms with Gasteiger partial charge in [-0.15, -0.1) is 0 Å². The molecule has 1 saturated heterocycles. The first-order valence-corrected chi connectivity index (χ1v) is 16.8. The van der Waals surface area contributed by atoms with Crippen molar-refractivity contribution in [2.45, 2.75) is 28.8 Å². The quantitative estimate of drug-likeness (QED) is 0.172. The van der Waals surface area contributed by atoms with Crippen molar-refractivity contribution in [2.24, 2.45) is 0 Å². The van der Waals surface area contributed by atoms with Crippen LogP contribution in [0.5, 0.6) is 0 Å². The summed E-state index contributed by atoms with van der Waals surface area (Å²) in [5.74, 6) is 0. The summed E-state index contributed by atoms with van der Waals surface area (Å²) in [5, 5.41) is 19.4. The monoisotopic (exact) mass is 614 g/mol. The number of fused-ring (bicyclic) bond motifs is 6. The molecule has 2 aliphatic heterocycles. The van der Waals surface area contributed by atoms with Crippen LogP contribution in [-0.4, -0.2) is 7.05 Å². The molecule has 0 aromatic heterocycles. The zero-order chi connectivity index (χ0) is 30.6. The molecule has 0 bridgehead atoms. The molecule has 224 valence electrons. The fraction of sp³-hybridized carbons (Fsp3) is 0.122. The van der Waals surface area contributed by atoms with E-state index in [0.717, 1.165) is 0 Å². The van der Waals surface area contributed by atoms with Gasteiger partial charge in [-0.05, 0) is 61.3 Å². The lowest BCUT2D eigenvalue weighted by Crippen LogP contribution is -2.54. The molecule has 0 spiro atoms. The molecule has 3 unspecified atom stereocenters. The molecule has 2 heterocycles. The topological polar surface area (TPSA) is 39.3 Å². The summed E-state index contributed by atoms with van der Waals surface area (Å²) in [6.45, 7) is 0. The summed E-state index contributed by atoms with van der Waals surface area (Å²) in [5.41, 5.74) is 6.35. The van der Waals surface area contributed by atoms with E-state index in [1.807, 2.05) is 11.8 Å². The van der Waals surface area contributed by atoms with Gasteiger partial charge < -0.3 is 4.90 Å². The molecule has 0 amide bonds. The van der Waals surface area contributed by atoms with Gasteiger partial charge in [0, 0.05) is 17.3 Å². The van der Waals surface area contributed by atoms with Crippen LogP contribution in [0.4, 0.5) is 5.69 Å². The van der Waals surface area contributed by atoms with E-state index in [1.165, 1.54) is 65.2 Å². The number of benzene rings is 7. The molecule has 3 atom stereocenters. The van der Waals surface area contributed by atoms with E-state index in [1.54, 1.807) is 0 Å². The second-order valence-corrected chi connectivity index (χ2v) is 13.4. The zero-order valence-corrected chi connectivity index (χ0v) is 26.3. The van der Waals surface area contributed by atoms with Gasteiger partial charge in [-0.3, -0.25) is 16.0 Å². The third kappa shape index (κ3) is 4.67. The van der Waals surface area contributed by atoms with Crippen LogP contribution >= 0.6 is 11.8 Å². The first kappa shape index (κ1) is 27.6. The highest BCUT2D eigenvalue weighted by Crippen LogP contribution is 2.55. The molecule has 5 heteroatoms. The molecule has 0 aliphatic carbocycles. The SMILES string of the molecule is CN1c2c(ccc3ccc4cc(C5NC(c6ccccc6)NC(c6ccccc6)N5)ccc4c23)SC1c1cccc2ccccc12. The number of hydrogen-bond donors (Lipinski definition) is 3. The molecule has 0 saturated carbocycles.